The van der Waals surface area contributed by atoms with Gasteiger partial charge >= 0.3 is 0 Å². The Bertz CT molecular complexity index is 863. The van der Waals surface area contributed by atoms with Crippen molar-refractivity contribution in [3.05, 3.63) is 53.7 Å². The molecule has 0 aliphatic heterocycles. The van der Waals surface area contributed by atoms with Crippen molar-refractivity contribution in [3.8, 4) is 0 Å². The van der Waals surface area contributed by atoms with E-state index in [4.69, 9.17) is 10.1 Å². The van der Waals surface area contributed by atoms with Gasteiger partial charge in [0.15, 0.2) is 5.65 Å². The molecule has 0 amide bonds. The maximum atomic E-state index is 9.52. The third-order valence-corrected chi connectivity index (χ3v) is 4.49. The lowest BCUT2D eigenvalue weighted by atomic mass is 10.1. The van der Waals surface area contributed by atoms with Crippen LogP contribution < -0.4 is 10.6 Å². The van der Waals surface area contributed by atoms with Gasteiger partial charge in [-0.25, -0.2) is 4.98 Å². The van der Waals surface area contributed by atoms with Crippen LogP contribution in [-0.4, -0.2) is 44.1 Å². The second kappa shape index (κ2) is 8.83. The van der Waals surface area contributed by atoms with Crippen LogP contribution in [0.2, 0.25) is 0 Å². The number of nitrogens with one attached hydrogen (secondary N) is 2. The summed E-state index contributed by atoms with van der Waals surface area (Å²) in [4.78, 5) is 4.70. The van der Waals surface area contributed by atoms with Crippen molar-refractivity contribution in [2.75, 3.05) is 23.8 Å². The first-order valence-electron chi connectivity index (χ1n) is 9.27. The Morgan fingerprint density at radius 1 is 1.15 bits per heavy atom. The normalized spacial score (nSPS) is 12.5. The zero-order chi connectivity index (χ0) is 19.2. The van der Waals surface area contributed by atoms with Crippen molar-refractivity contribution in [2.24, 2.45) is 0 Å². The fraction of sp³-hybridized carbons (Fsp3) is 0.400. The molecule has 1 atom stereocenters. The van der Waals surface area contributed by atoms with Crippen LogP contribution in [0.3, 0.4) is 0 Å². The molecule has 7 heteroatoms. The monoisotopic (exact) mass is 369 g/mol. The predicted octanol–water partition coefficient (Wildman–Crippen LogP) is 2.62. The predicted molar refractivity (Wildman–Crippen MR) is 107 cm³/mol. The third kappa shape index (κ3) is 4.56. The Morgan fingerprint density at radius 2 is 1.93 bits per heavy atom. The molecule has 3 rings (SSSR count). The molecule has 0 spiro atoms. The molecular formula is C20H27N5O2. The number of hydrogen-bond acceptors (Lipinski definition) is 6. The summed E-state index contributed by atoms with van der Waals surface area (Å²) in [5.74, 6) is 1.75. The van der Waals surface area contributed by atoms with Gasteiger partial charge in [-0.3, -0.25) is 0 Å². The highest BCUT2D eigenvalue weighted by Gasteiger charge is 2.15. The first-order chi connectivity index (χ1) is 13.1. The van der Waals surface area contributed by atoms with Crippen molar-refractivity contribution >= 4 is 17.3 Å². The fourth-order valence-corrected chi connectivity index (χ4v) is 2.95. The van der Waals surface area contributed by atoms with Gasteiger partial charge in [-0.1, -0.05) is 44.2 Å². The summed E-state index contributed by atoms with van der Waals surface area (Å²) in [6.07, 6.45) is 2.30. The number of aliphatic hydroxyl groups is 2. The second-order valence-corrected chi connectivity index (χ2v) is 6.89. The molecule has 0 aliphatic carbocycles. The maximum absolute atomic E-state index is 9.52. The average Bonchev–Trinajstić information content (AvgIpc) is 3.11. The van der Waals surface area contributed by atoms with Crippen LogP contribution >= 0.6 is 0 Å². The van der Waals surface area contributed by atoms with Gasteiger partial charge in [0, 0.05) is 24.8 Å². The van der Waals surface area contributed by atoms with Crippen LogP contribution in [0.15, 0.2) is 42.6 Å². The van der Waals surface area contributed by atoms with Crippen LogP contribution in [0.1, 0.15) is 37.3 Å². The van der Waals surface area contributed by atoms with Crippen molar-refractivity contribution in [1.82, 2.24) is 14.6 Å². The Hall–Kier alpha value is -2.64. The van der Waals surface area contributed by atoms with E-state index in [-0.39, 0.29) is 19.3 Å². The van der Waals surface area contributed by atoms with E-state index < -0.39 is 0 Å². The lowest BCUT2D eigenvalue weighted by molar-refractivity contribution is 0.228. The average molecular weight is 369 g/mol. The third-order valence-electron chi connectivity index (χ3n) is 4.49. The van der Waals surface area contributed by atoms with Crippen LogP contribution in [0.4, 0.5) is 11.6 Å². The van der Waals surface area contributed by atoms with Crippen LogP contribution in [-0.2, 0) is 6.54 Å². The standard InChI is InChI=1S/C20H27N5O2/c1-14(2)17-12-22-25-19(21-11-15-6-4-3-5-7-15)10-18(24-20(17)25)23-16(13-27)8-9-26/h3-7,10,12,14,16,21,26-27H,8-9,11,13H2,1-2H3,(H,23,24). The fourth-order valence-electron chi connectivity index (χ4n) is 2.95. The van der Waals surface area contributed by atoms with E-state index in [1.807, 2.05) is 35.0 Å². The maximum Gasteiger partial charge on any atom is 0.163 e. The molecule has 2 aromatic heterocycles. The molecule has 144 valence electrons. The minimum absolute atomic E-state index is 0.00348. The molecule has 3 aromatic rings. The van der Waals surface area contributed by atoms with E-state index in [1.165, 1.54) is 5.56 Å². The number of fused-ring (bicyclic) bond motifs is 1. The zero-order valence-corrected chi connectivity index (χ0v) is 15.8. The molecule has 0 radical (unpaired) electrons. The molecule has 2 heterocycles. The number of aromatic nitrogens is 3. The van der Waals surface area contributed by atoms with Crippen molar-refractivity contribution < 1.29 is 10.2 Å². The number of anilines is 2. The largest absolute Gasteiger partial charge is 0.396 e. The smallest absolute Gasteiger partial charge is 0.163 e. The van der Waals surface area contributed by atoms with Crippen LogP contribution in [0.5, 0.6) is 0 Å². The zero-order valence-electron chi connectivity index (χ0n) is 15.8. The lowest BCUT2D eigenvalue weighted by Gasteiger charge is -2.18. The van der Waals surface area contributed by atoms with E-state index in [1.54, 1.807) is 0 Å². The number of aliphatic hydroxyl groups excluding tert-OH is 2. The molecule has 4 N–H and O–H groups in total. The Labute approximate surface area is 159 Å². The first kappa shape index (κ1) is 19.1. The summed E-state index contributed by atoms with van der Waals surface area (Å²) < 4.78 is 1.81. The molecule has 27 heavy (non-hydrogen) atoms. The Kier molecular flexibility index (Phi) is 6.26. The lowest BCUT2D eigenvalue weighted by Crippen LogP contribution is -2.25. The summed E-state index contributed by atoms with van der Waals surface area (Å²) in [5, 5.41) is 29.8. The summed E-state index contributed by atoms with van der Waals surface area (Å²) in [6, 6.07) is 11.8. The van der Waals surface area contributed by atoms with Crippen molar-refractivity contribution in [1.29, 1.82) is 0 Å². The molecule has 1 aromatic carbocycles. The molecule has 0 saturated carbocycles. The van der Waals surface area contributed by atoms with Crippen LogP contribution in [0, 0.1) is 0 Å². The van der Waals surface area contributed by atoms with Crippen molar-refractivity contribution in [2.45, 2.75) is 38.8 Å². The molecular weight excluding hydrogens is 342 g/mol. The number of benzene rings is 1. The molecule has 7 nitrogen and oxygen atoms in total. The van der Waals surface area contributed by atoms with Gasteiger partial charge in [0.25, 0.3) is 0 Å². The van der Waals surface area contributed by atoms with E-state index in [9.17, 15) is 5.11 Å². The number of hydrogen-bond donors (Lipinski definition) is 4. The van der Waals surface area contributed by atoms with E-state index >= 15 is 0 Å². The number of rotatable bonds is 9. The summed E-state index contributed by atoms with van der Waals surface area (Å²) in [7, 11) is 0. The summed E-state index contributed by atoms with van der Waals surface area (Å²) in [5.41, 5.74) is 3.01. The van der Waals surface area contributed by atoms with Gasteiger partial charge in [-0.15, -0.1) is 0 Å². The molecule has 1 unspecified atom stereocenters. The SMILES string of the molecule is CC(C)c1cnn2c(NCc3ccccc3)cc(NC(CO)CCO)nc12. The Balaban J connectivity index is 1.94. The molecule has 0 aliphatic rings. The van der Waals surface area contributed by atoms with Crippen LogP contribution in [0.25, 0.3) is 5.65 Å². The second-order valence-electron chi connectivity index (χ2n) is 6.89. The highest BCUT2D eigenvalue weighted by molar-refractivity contribution is 5.61. The van der Waals surface area contributed by atoms with Gasteiger partial charge in [-0.05, 0) is 17.9 Å². The Morgan fingerprint density at radius 3 is 2.59 bits per heavy atom. The number of nitrogens with zero attached hydrogens (tertiary/aromatic N) is 3. The molecule has 0 bridgehead atoms. The molecule has 0 fully saturated rings. The quantitative estimate of drug-likeness (QED) is 0.463. The topological polar surface area (TPSA) is 94.7 Å². The van der Waals surface area contributed by atoms with Gasteiger partial charge in [0.1, 0.15) is 11.6 Å². The van der Waals surface area contributed by atoms with Crippen molar-refractivity contribution in [3.63, 3.8) is 0 Å². The summed E-state index contributed by atoms with van der Waals surface area (Å²) in [6.45, 7) is 4.81. The minimum atomic E-state index is -0.252. The van der Waals surface area contributed by atoms with Gasteiger partial charge in [0.05, 0.1) is 18.8 Å². The van der Waals surface area contributed by atoms with E-state index in [0.29, 0.717) is 24.7 Å². The first-order valence-corrected chi connectivity index (χ1v) is 9.27. The van der Waals surface area contributed by atoms with Gasteiger partial charge in [-0.2, -0.15) is 9.61 Å². The minimum Gasteiger partial charge on any atom is -0.396 e. The van der Waals surface area contributed by atoms with Gasteiger partial charge in [0.2, 0.25) is 0 Å². The highest BCUT2D eigenvalue weighted by atomic mass is 16.3. The van der Waals surface area contributed by atoms with E-state index in [2.05, 4.69) is 41.7 Å². The van der Waals surface area contributed by atoms with Gasteiger partial charge < -0.3 is 20.8 Å². The highest BCUT2D eigenvalue weighted by Crippen LogP contribution is 2.24. The summed E-state index contributed by atoms with van der Waals surface area (Å²) >= 11 is 0. The van der Waals surface area contributed by atoms with E-state index in [0.717, 1.165) is 17.0 Å². The molecule has 0 saturated heterocycles.